The van der Waals surface area contributed by atoms with Gasteiger partial charge in [0.1, 0.15) is 5.75 Å². The van der Waals surface area contributed by atoms with Crippen molar-refractivity contribution in [1.29, 1.82) is 0 Å². The summed E-state index contributed by atoms with van der Waals surface area (Å²) in [6.45, 7) is 1.89. The highest BCUT2D eigenvalue weighted by atomic mass is 32.2. The molecule has 7 nitrogen and oxygen atoms in total. The topological polar surface area (TPSA) is 76.5 Å². The number of alkyl halides is 3. The van der Waals surface area contributed by atoms with Gasteiger partial charge in [0, 0.05) is 44.1 Å². The predicted molar refractivity (Wildman–Crippen MR) is 144 cm³/mol. The number of anilines is 1. The molecule has 11 heteroatoms. The molecule has 4 rings (SSSR count). The van der Waals surface area contributed by atoms with Crippen molar-refractivity contribution in [2.45, 2.75) is 30.6 Å². The Morgan fingerprint density at radius 1 is 1.08 bits per heavy atom. The van der Waals surface area contributed by atoms with Gasteiger partial charge in [-0.05, 0) is 60.5 Å². The lowest BCUT2D eigenvalue weighted by atomic mass is 10.0. The number of hydrogen-bond acceptors (Lipinski definition) is 5. The zero-order chi connectivity index (χ0) is 28.4. The van der Waals surface area contributed by atoms with Crippen molar-refractivity contribution in [3.8, 4) is 17.0 Å². The molecule has 0 aliphatic heterocycles. The Balaban J connectivity index is 1.66. The number of halogens is 3. The highest BCUT2D eigenvalue weighted by Crippen LogP contribution is 2.35. The van der Waals surface area contributed by atoms with E-state index in [-0.39, 0.29) is 11.4 Å². The minimum absolute atomic E-state index is 0.0661. The van der Waals surface area contributed by atoms with E-state index < -0.39 is 27.8 Å². The monoisotopic (exact) mass is 558 g/mol. The minimum Gasteiger partial charge on any atom is -0.497 e. The van der Waals surface area contributed by atoms with Crippen molar-refractivity contribution >= 4 is 15.7 Å². The number of rotatable bonds is 9. The molecular formula is C28H29F3N4O3S. The van der Waals surface area contributed by atoms with E-state index in [0.717, 1.165) is 17.7 Å². The maximum absolute atomic E-state index is 13.5. The predicted octanol–water partition coefficient (Wildman–Crippen LogP) is 6.11. The zero-order valence-electron chi connectivity index (χ0n) is 21.9. The Morgan fingerprint density at radius 3 is 2.41 bits per heavy atom. The van der Waals surface area contributed by atoms with Gasteiger partial charge < -0.3 is 14.6 Å². The lowest BCUT2D eigenvalue weighted by Gasteiger charge is -2.21. The van der Waals surface area contributed by atoms with Gasteiger partial charge >= 0.3 is 6.18 Å². The molecule has 1 N–H and O–H groups in total. The molecule has 0 unspecified atom stereocenters. The van der Waals surface area contributed by atoms with E-state index in [4.69, 9.17) is 4.74 Å². The molecule has 3 aromatic carbocycles. The van der Waals surface area contributed by atoms with E-state index in [2.05, 4.69) is 10.3 Å². The van der Waals surface area contributed by atoms with Crippen LogP contribution >= 0.6 is 0 Å². The molecule has 0 saturated heterocycles. The number of sulfonamides is 1. The van der Waals surface area contributed by atoms with Crippen LogP contribution in [0.4, 0.5) is 18.9 Å². The van der Waals surface area contributed by atoms with Gasteiger partial charge in [-0.3, -0.25) is 0 Å². The van der Waals surface area contributed by atoms with Crippen LogP contribution in [0.2, 0.25) is 0 Å². The van der Waals surface area contributed by atoms with Crippen LogP contribution in [-0.4, -0.2) is 36.4 Å². The fourth-order valence-electron chi connectivity index (χ4n) is 4.13. The molecule has 0 aliphatic rings. The lowest BCUT2D eigenvalue weighted by Crippen LogP contribution is -2.26. The number of aryl methyl sites for hydroxylation is 1. The summed E-state index contributed by atoms with van der Waals surface area (Å²) in [5.41, 5.74) is 2.06. The summed E-state index contributed by atoms with van der Waals surface area (Å²) in [5.74, 6) is 0.673. The van der Waals surface area contributed by atoms with E-state index >= 15 is 0 Å². The molecule has 0 saturated carbocycles. The average molecular weight is 559 g/mol. The number of imidazole rings is 1. The molecule has 0 aliphatic carbocycles. The molecule has 1 heterocycles. The second kappa shape index (κ2) is 11.1. The van der Waals surface area contributed by atoms with Crippen LogP contribution in [0.1, 0.15) is 29.7 Å². The first-order valence-electron chi connectivity index (χ1n) is 12.0. The molecule has 0 spiro atoms. The first-order valence-corrected chi connectivity index (χ1v) is 13.5. The van der Waals surface area contributed by atoms with Gasteiger partial charge in [0.05, 0.1) is 29.6 Å². The summed E-state index contributed by atoms with van der Waals surface area (Å²) in [6, 6.07) is 16.3. The molecule has 0 fully saturated rings. The third-order valence-corrected chi connectivity index (χ3v) is 8.13. The van der Waals surface area contributed by atoms with Crippen LogP contribution in [0.25, 0.3) is 11.3 Å². The molecule has 4 aromatic rings. The Hall–Kier alpha value is -3.83. The standard InChI is InChI=1S/C28H29F3N4O3S/c1-19(21-6-5-7-22(14-21)28(29,30)31)33-26-13-12-24(15-25(26)27-17-34(2)18-32-27)39(36,37)35(3)16-20-8-10-23(38-4)11-9-20/h5-15,17-19,33H,16H2,1-4H3/t19-/m0/s1. The largest absolute Gasteiger partial charge is 0.497 e. The lowest BCUT2D eigenvalue weighted by molar-refractivity contribution is -0.137. The Labute approximate surface area is 225 Å². The van der Waals surface area contributed by atoms with E-state index in [0.29, 0.717) is 28.3 Å². The number of aromatic nitrogens is 2. The number of nitrogens with zero attached hydrogens (tertiary/aromatic N) is 3. The number of hydrogen-bond donors (Lipinski definition) is 1. The Morgan fingerprint density at radius 2 is 1.79 bits per heavy atom. The minimum atomic E-state index is -4.46. The first-order chi connectivity index (χ1) is 18.4. The van der Waals surface area contributed by atoms with E-state index in [9.17, 15) is 21.6 Å². The molecular weight excluding hydrogens is 529 g/mol. The molecule has 39 heavy (non-hydrogen) atoms. The molecule has 206 valence electrons. The summed E-state index contributed by atoms with van der Waals surface area (Å²) in [6.07, 6.45) is -1.12. The van der Waals surface area contributed by atoms with Crippen LogP contribution in [0.15, 0.2) is 84.1 Å². The van der Waals surface area contributed by atoms with E-state index in [1.165, 1.54) is 29.6 Å². The van der Waals surface area contributed by atoms with E-state index in [1.54, 1.807) is 74.6 Å². The van der Waals surface area contributed by atoms with Gasteiger partial charge in [0.25, 0.3) is 0 Å². The summed E-state index contributed by atoms with van der Waals surface area (Å²) in [4.78, 5) is 4.45. The SMILES string of the molecule is COc1ccc(CN(C)S(=O)(=O)c2ccc(N[C@@H](C)c3cccc(C(F)(F)F)c3)c(-c3cn(C)cn3)c2)cc1. The second-order valence-electron chi connectivity index (χ2n) is 9.23. The number of methoxy groups -OCH3 is 1. The van der Waals surface area contributed by atoms with Crippen molar-refractivity contribution in [1.82, 2.24) is 13.9 Å². The highest BCUT2D eigenvalue weighted by Gasteiger charge is 2.31. The molecule has 1 aromatic heterocycles. The Kier molecular flexibility index (Phi) is 8.03. The fraction of sp³-hybridized carbons (Fsp3) is 0.250. The molecule has 0 amide bonds. The van der Waals surface area contributed by atoms with Crippen molar-refractivity contribution in [2.75, 3.05) is 19.5 Å². The van der Waals surface area contributed by atoms with Gasteiger partial charge in [-0.15, -0.1) is 0 Å². The normalized spacial score (nSPS) is 12.9. The number of nitrogens with one attached hydrogen (secondary N) is 1. The van der Waals surface area contributed by atoms with Crippen molar-refractivity contribution in [3.05, 3.63) is 95.9 Å². The van der Waals surface area contributed by atoms with Gasteiger partial charge in [-0.2, -0.15) is 17.5 Å². The maximum atomic E-state index is 13.5. The van der Waals surface area contributed by atoms with Crippen LogP contribution < -0.4 is 10.1 Å². The second-order valence-corrected chi connectivity index (χ2v) is 11.3. The fourth-order valence-corrected chi connectivity index (χ4v) is 5.31. The highest BCUT2D eigenvalue weighted by molar-refractivity contribution is 7.89. The summed E-state index contributed by atoms with van der Waals surface area (Å²) < 4.78 is 74.8. The van der Waals surface area contributed by atoms with E-state index in [1.807, 2.05) is 0 Å². The van der Waals surface area contributed by atoms with Gasteiger partial charge in [-0.1, -0.05) is 24.3 Å². The number of ether oxygens (including phenoxy) is 1. The first kappa shape index (κ1) is 28.2. The zero-order valence-corrected chi connectivity index (χ0v) is 22.7. The summed E-state index contributed by atoms with van der Waals surface area (Å²) in [5, 5.41) is 3.23. The molecule has 1 atom stereocenters. The van der Waals surface area contributed by atoms with Crippen LogP contribution in [-0.2, 0) is 29.8 Å². The summed E-state index contributed by atoms with van der Waals surface area (Å²) >= 11 is 0. The van der Waals surface area contributed by atoms with Crippen LogP contribution in [0, 0.1) is 0 Å². The third kappa shape index (κ3) is 6.43. The molecule has 0 radical (unpaired) electrons. The van der Waals surface area contributed by atoms with Gasteiger partial charge in [-0.25, -0.2) is 13.4 Å². The summed E-state index contributed by atoms with van der Waals surface area (Å²) in [7, 11) is 0.970. The van der Waals surface area contributed by atoms with Crippen molar-refractivity contribution < 1.29 is 26.3 Å². The third-order valence-electron chi connectivity index (χ3n) is 6.33. The maximum Gasteiger partial charge on any atom is 0.416 e. The smallest absolute Gasteiger partial charge is 0.416 e. The van der Waals surface area contributed by atoms with Gasteiger partial charge in [0.2, 0.25) is 10.0 Å². The quantitative estimate of drug-likeness (QED) is 0.268. The van der Waals surface area contributed by atoms with Crippen molar-refractivity contribution in [2.24, 2.45) is 7.05 Å². The number of benzene rings is 3. The van der Waals surface area contributed by atoms with Crippen molar-refractivity contribution in [3.63, 3.8) is 0 Å². The van der Waals surface area contributed by atoms with Gasteiger partial charge in [0.15, 0.2) is 0 Å². The van der Waals surface area contributed by atoms with Crippen LogP contribution in [0.5, 0.6) is 5.75 Å². The average Bonchev–Trinajstić information content (AvgIpc) is 3.34. The van der Waals surface area contributed by atoms with Crippen LogP contribution in [0.3, 0.4) is 0 Å². The molecule has 0 bridgehead atoms. The Bertz CT molecular complexity index is 1550.